The van der Waals surface area contributed by atoms with E-state index >= 15 is 0 Å². The second-order valence-corrected chi connectivity index (χ2v) is 11.4. The van der Waals surface area contributed by atoms with Crippen LogP contribution >= 0.6 is 0 Å². The Morgan fingerprint density at radius 1 is 0.595 bits per heavy atom. The number of amides is 5. The molecule has 0 fully saturated rings. The Morgan fingerprint density at radius 3 is 1.62 bits per heavy atom. The van der Waals surface area contributed by atoms with Crippen LogP contribution in [0.25, 0.3) is 0 Å². The van der Waals surface area contributed by atoms with Gasteiger partial charge in [-0.05, 0) is 31.1 Å². The fourth-order valence-corrected chi connectivity index (χ4v) is 3.47. The van der Waals surface area contributed by atoms with Crippen molar-refractivity contribution in [2.75, 3.05) is 0 Å². The topological polar surface area (TPSA) is 151 Å². The van der Waals surface area contributed by atoms with Gasteiger partial charge < -0.3 is 16.0 Å². The summed E-state index contributed by atoms with van der Waals surface area (Å²) in [5.74, 6) is -3.66. The van der Waals surface area contributed by atoms with Crippen molar-refractivity contribution in [1.82, 2.24) is 21.3 Å². The second-order valence-electron chi connectivity index (χ2n) is 11.4. The summed E-state index contributed by atoms with van der Waals surface area (Å²) in [6.45, 7) is 17.6. The van der Waals surface area contributed by atoms with Crippen LogP contribution in [0, 0.1) is 29.6 Å². The number of hydrogen-bond acceptors (Lipinski definition) is 6. The van der Waals surface area contributed by atoms with Crippen LogP contribution in [0.3, 0.4) is 0 Å². The summed E-state index contributed by atoms with van der Waals surface area (Å²) >= 11 is 0. The molecule has 0 aliphatic heterocycles. The first-order chi connectivity index (χ1) is 17.0. The lowest BCUT2D eigenvalue weighted by molar-refractivity contribution is -0.136. The molecule has 0 aromatic carbocycles. The first-order valence-electron chi connectivity index (χ1n) is 13.2. The molecular weight excluding hydrogens is 476 g/mol. The number of carbonyl (C=O) groups is 6. The lowest BCUT2D eigenvalue weighted by atomic mass is 9.93. The van der Waals surface area contributed by atoms with Gasteiger partial charge in [0.05, 0.1) is 6.04 Å². The van der Waals surface area contributed by atoms with Crippen molar-refractivity contribution in [3.8, 4) is 0 Å². The Kier molecular flexibility index (Phi) is 14.9. The molecule has 0 spiro atoms. The average Bonchev–Trinajstić information content (AvgIpc) is 2.75. The third-order valence-electron chi connectivity index (χ3n) is 5.75. The largest absolute Gasteiger partial charge is 0.344 e. The zero-order valence-electron chi connectivity index (χ0n) is 24.2. The molecule has 0 radical (unpaired) electrons. The van der Waals surface area contributed by atoms with Crippen molar-refractivity contribution < 1.29 is 28.8 Å². The van der Waals surface area contributed by atoms with Crippen LogP contribution in [-0.4, -0.2) is 53.4 Å². The van der Waals surface area contributed by atoms with Crippen LogP contribution in [0.1, 0.15) is 88.5 Å². The smallest absolute Gasteiger partial charge is 0.248 e. The standard InChI is InChI=1S/C27H48N4O6/c1-14(2)11-20(29-27(37)23(16(5)6)30-22(33)12-15(3)4)21(32)13-18(9)25(35)28-19(10)26(36)31-24(34)17(7)8/h14-20,23H,11-13H2,1-10H3,(H,28,35)(H,29,37)(H,30,33)(H,31,34,36)/t18?,19?,20-,23?/m0/s1. The Balaban J connectivity index is 5.27. The minimum atomic E-state index is -0.958. The fraction of sp³-hybridized carbons (Fsp3) is 0.778. The number of carbonyl (C=O) groups excluding carboxylic acids is 6. The molecule has 4 N–H and O–H groups in total. The molecule has 4 atom stereocenters. The van der Waals surface area contributed by atoms with E-state index in [1.165, 1.54) is 6.92 Å². The molecular formula is C27H48N4O6. The maximum absolute atomic E-state index is 13.1. The average molecular weight is 525 g/mol. The summed E-state index contributed by atoms with van der Waals surface area (Å²) in [6.07, 6.45) is 0.522. The molecule has 0 saturated heterocycles. The molecule has 0 aromatic heterocycles. The van der Waals surface area contributed by atoms with E-state index in [9.17, 15) is 28.8 Å². The van der Waals surface area contributed by atoms with Gasteiger partial charge >= 0.3 is 0 Å². The number of hydrogen-bond donors (Lipinski definition) is 4. The molecule has 0 aliphatic rings. The summed E-state index contributed by atoms with van der Waals surface area (Å²) in [5.41, 5.74) is 0. The SMILES string of the molecule is CC(C)CC(=O)NC(C(=O)N[C@@H](CC(C)C)C(=O)CC(C)C(=O)NC(C)C(=O)NC(=O)C(C)C)C(C)C. The highest BCUT2D eigenvalue weighted by molar-refractivity contribution is 6.00. The van der Waals surface area contributed by atoms with Crippen molar-refractivity contribution in [2.45, 2.75) is 107 Å². The van der Waals surface area contributed by atoms with Gasteiger partial charge in [0.2, 0.25) is 29.5 Å². The highest BCUT2D eigenvalue weighted by Crippen LogP contribution is 2.14. The van der Waals surface area contributed by atoms with E-state index in [0.29, 0.717) is 12.8 Å². The number of nitrogens with one attached hydrogen (secondary N) is 4. The Morgan fingerprint density at radius 2 is 1.16 bits per heavy atom. The van der Waals surface area contributed by atoms with Gasteiger partial charge in [-0.25, -0.2) is 0 Å². The Bertz CT molecular complexity index is 822. The highest BCUT2D eigenvalue weighted by Gasteiger charge is 2.31. The molecule has 0 aliphatic carbocycles. The predicted molar refractivity (Wildman–Crippen MR) is 142 cm³/mol. The molecule has 3 unspecified atom stereocenters. The summed E-state index contributed by atoms with van der Waals surface area (Å²) in [6, 6.07) is -2.57. The molecule has 10 heteroatoms. The van der Waals surface area contributed by atoms with E-state index in [1.807, 2.05) is 41.5 Å². The monoisotopic (exact) mass is 524 g/mol. The van der Waals surface area contributed by atoms with Crippen LogP contribution in [0.4, 0.5) is 0 Å². The lowest BCUT2D eigenvalue weighted by Gasteiger charge is -2.27. The van der Waals surface area contributed by atoms with Crippen molar-refractivity contribution in [3.63, 3.8) is 0 Å². The first kappa shape index (κ1) is 34.2. The molecule has 37 heavy (non-hydrogen) atoms. The van der Waals surface area contributed by atoms with Gasteiger partial charge in [-0.2, -0.15) is 0 Å². The van der Waals surface area contributed by atoms with Crippen molar-refractivity contribution in [1.29, 1.82) is 0 Å². The number of rotatable bonds is 15. The zero-order valence-corrected chi connectivity index (χ0v) is 24.2. The minimum Gasteiger partial charge on any atom is -0.344 e. The molecule has 0 bridgehead atoms. The fourth-order valence-electron chi connectivity index (χ4n) is 3.47. The van der Waals surface area contributed by atoms with Gasteiger partial charge in [0, 0.05) is 24.7 Å². The van der Waals surface area contributed by atoms with E-state index < -0.39 is 47.7 Å². The van der Waals surface area contributed by atoms with Crippen LogP contribution in [0.5, 0.6) is 0 Å². The molecule has 10 nitrogen and oxygen atoms in total. The van der Waals surface area contributed by atoms with E-state index in [4.69, 9.17) is 0 Å². The van der Waals surface area contributed by atoms with Crippen molar-refractivity contribution in [3.05, 3.63) is 0 Å². The first-order valence-corrected chi connectivity index (χ1v) is 13.2. The number of ketones is 1. The minimum absolute atomic E-state index is 0.0913. The Labute approximate surface area is 221 Å². The van der Waals surface area contributed by atoms with Crippen molar-refractivity contribution >= 4 is 35.3 Å². The third kappa shape index (κ3) is 13.4. The second kappa shape index (κ2) is 16.1. The van der Waals surface area contributed by atoms with Crippen molar-refractivity contribution in [2.24, 2.45) is 29.6 Å². The van der Waals surface area contributed by atoms with Gasteiger partial charge in [0.15, 0.2) is 5.78 Å². The molecule has 5 amide bonds. The van der Waals surface area contributed by atoms with Crippen LogP contribution in [0.15, 0.2) is 0 Å². The molecule has 0 rings (SSSR count). The van der Waals surface area contributed by atoms with Gasteiger partial charge in [0.25, 0.3) is 0 Å². The van der Waals surface area contributed by atoms with Gasteiger partial charge in [-0.1, -0.05) is 62.3 Å². The molecule has 0 saturated carbocycles. The highest BCUT2D eigenvalue weighted by atomic mass is 16.2. The molecule has 212 valence electrons. The molecule has 0 heterocycles. The Hall–Kier alpha value is -2.78. The van der Waals surface area contributed by atoms with Crippen LogP contribution < -0.4 is 21.3 Å². The normalized spacial score (nSPS) is 14.6. The zero-order chi connectivity index (χ0) is 29.0. The maximum Gasteiger partial charge on any atom is 0.248 e. The molecule has 0 aromatic rings. The third-order valence-corrected chi connectivity index (χ3v) is 5.75. The summed E-state index contributed by atoms with van der Waals surface area (Å²) < 4.78 is 0. The summed E-state index contributed by atoms with van der Waals surface area (Å²) in [4.78, 5) is 74.9. The van der Waals surface area contributed by atoms with E-state index in [-0.39, 0.29) is 41.8 Å². The lowest BCUT2D eigenvalue weighted by Crippen LogP contribution is -2.54. The van der Waals surface area contributed by atoms with Gasteiger partial charge in [-0.15, -0.1) is 0 Å². The predicted octanol–water partition coefficient (Wildman–Crippen LogP) is 2.10. The maximum atomic E-state index is 13.1. The van der Waals surface area contributed by atoms with Crippen LogP contribution in [-0.2, 0) is 28.8 Å². The van der Waals surface area contributed by atoms with Gasteiger partial charge in [0.1, 0.15) is 12.1 Å². The van der Waals surface area contributed by atoms with E-state index in [2.05, 4.69) is 21.3 Å². The van der Waals surface area contributed by atoms with E-state index in [0.717, 1.165) is 0 Å². The van der Waals surface area contributed by atoms with E-state index in [1.54, 1.807) is 20.8 Å². The number of imide groups is 1. The van der Waals surface area contributed by atoms with Crippen LogP contribution in [0.2, 0.25) is 0 Å². The number of Topliss-reactive ketones (excluding diaryl/α,β-unsaturated/α-hetero) is 1. The van der Waals surface area contributed by atoms with Gasteiger partial charge in [-0.3, -0.25) is 34.1 Å². The quantitative estimate of drug-likeness (QED) is 0.258. The summed E-state index contributed by atoms with van der Waals surface area (Å²) in [7, 11) is 0. The summed E-state index contributed by atoms with van der Waals surface area (Å²) in [5, 5.41) is 10.3.